The smallest absolute Gasteiger partial charge is 0.166 e. The van der Waals surface area contributed by atoms with Crippen LogP contribution in [0.25, 0.3) is 0 Å². The van der Waals surface area contributed by atoms with Gasteiger partial charge in [0.15, 0.2) is 11.6 Å². The number of nitrogens with zero attached hydrogens (tertiary/aromatic N) is 1. The Labute approximate surface area is 195 Å². The standard InChI is InChI=1S/C25H36N4O4/c1-4-8-21-23(12-11-20(24(21)31)22(30)15-17(2)3)33-14-6-5-13-32-19-10-7-9-18(16-19)25(26)28-29-27/h7,9-12,16-17,29,31H,4-6,8,13-15,27H2,1-3H3,(H2,26,28). The highest BCUT2D eigenvalue weighted by atomic mass is 16.5. The molecule has 0 amide bonds. The van der Waals surface area contributed by atoms with Crippen LogP contribution in [0.5, 0.6) is 17.2 Å². The zero-order valence-electron chi connectivity index (χ0n) is 19.8. The molecule has 0 aliphatic carbocycles. The lowest BCUT2D eigenvalue weighted by Crippen LogP contribution is -2.23. The summed E-state index contributed by atoms with van der Waals surface area (Å²) < 4.78 is 11.7. The number of phenolic OH excluding ortho intramolecular Hbond substituents is 1. The van der Waals surface area contributed by atoms with Crippen LogP contribution in [0.1, 0.15) is 67.9 Å². The summed E-state index contributed by atoms with van der Waals surface area (Å²) in [7, 11) is 0. The highest BCUT2D eigenvalue weighted by Crippen LogP contribution is 2.34. The molecule has 0 heterocycles. The molecule has 2 aromatic carbocycles. The summed E-state index contributed by atoms with van der Waals surface area (Å²) in [5.74, 6) is 7.01. The van der Waals surface area contributed by atoms with Gasteiger partial charge in [-0.25, -0.2) is 11.4 Å². The fourth-order valence-corrected chi connectivity index (χ4v) is 3.41. The number of hydrogen-bond acceptors (Lipinski definition) is 7. The number of ketones is 1. The van der Waals surface area contributed by atoms with Gasteiger partial charge in [0, 0.05) is 17.5 Å². The summed E-state index contributed by atoms with van der Waals surface area (Å²) >= 11 is 0. The van der Waals surface area contributed by atoms with Crippen molar-refractivity contribution < 1.29 is 19.4 Å². The largest absolute Gasteiger partial charge is 0.507 e. The van der Waals surface area contributed by atoms with Crippen LogP contribution < -0.4 is 26.6 Å². The quantitative estimate of drug-likeness (QED) is 0.0846. The predicted octanol–water partition coefficient (Wildman–Crippen LogP) is 3.90. The molecular formula is C25H36N4O4. The molecule has 0 radical (unpaired) electrons. The number of amidine groups is 1. The summed E-state index contributed by atoms with van der Waals surface area (Å²) in [6.07, 6.45) is 3.47. The third-order valence-electron chi connectivity index (χ3n) is 5.01. The molecule has 0 unspecified atom stereocenters. The van der Waals surface area contributed by atoms with Crippen molar-refractivity contribution >= 4 is 11.6 Å². The topological polar surface area (TPSA) is 132 Å². The van der Waals surface area contributed by atoms with Crippen molar-refractivity contribution in [2.75, 3.05) is 13.2 Å². The van der Waals surface area contributed by atoms with Gasteiger partial charge in [-0.05, 0) is 49.4 Å². The van der Waals surface area contributed by atoms with E-state index in [1.807, 2.05) is 39.0 Å². The highest BCUT2D eigenvalue weighted by Gasteiger charge is 2.19. The molecule has 8 heteroatoms. The molecule has 180 valence electrons. The molecular weight excluding hydrogens is 420 g/mol. The number of benzene rings is 2. The zero-order chi connectivity index (χ0) is 24.2. The Kier molecular flexibility index (Phi) is 10.5. The normalized spacial score (nSPS) is 11.5. The van der Waals surface area contributed by atoms with Gasteiger partial charge in [-0.3, -0.25) is 4.79 Å². The summed E-state index contributed by atoms with van der Waals surface area (Å²) in [5.41, 5.74) is 9.78. The Hall–Kier alpha value is -3.26. The highest BCUT2D eigenvalue weighted by molar-refractivity contribution is 5.99. The first-order valence-corrected chi connectivity index (χ1v) is 11.4. The molecule has 2 rings (SSSR count). The van der Waals surface area contributed by atoms with Crippen LogP contribution in [0.15, 0.2) is 41.5 Å². The number of nitrogens with two attached hydrogens (primary N) is 2. The van der Waals surface area contributed by atoms with Gasteiger partial charge in [-0.15, -0.1) is 5.10 Å². The second-order valence-electron chi connectivity index (χ2n) is 8.27. The Morgan fingerprint density at radius 1 is 1.15 bits per heavy atom. The molecule has 0 saturated heterocycles. The second kappa shape index (κ2) is 13.3. The number of phenols is 1. The molecule has 0 aliphatic heterocycles. The van der Waals surface area contributed by atoms with E-state index in [1.165, 1.54) is 0 Å². The van der Waals surface area contributed by atoms with Crippen LogP contribution in [0.4, 0.5) is 0 Å². The monoisotopic (exact) mass is 456 g/mol. The predicted molar refractivity (Wildman–Crippen MR) is 131 cm³/mol. The van der Waals surface area contributed by atoms with Crippen molar-refractivity contribution in [3.63, 3.8) is 0 Å². The Bertz CT molecular complexity index is 944. The van der Waals surface area contributed by atoms with Gasteiger partial charge in [-0.2, -0.15) is 0 Å². The van der Waals surface area contributed by atoms with Gasteiger partial charge in [0.25, 0.3) is 0 Å². The maximum absolute atomic E-state index is 12.4. The minimum atomic E-state index is -0.0417. The maximum Gasteiger partial charge on any atom is 0.166 e. The average Bonchev–Trinajstić information content (AvgIpc) is 2.78. The molecule has 0 bridgehead atoms. The Morgan fingerprint density at radius 3 is 2.55 bits per heavy atom. The molecule has 0 spiro atoms. The number of hydrogen-bond donors (Lipinski definition) is 4. The van der Waals surface area contributed by atoms with E-state index >= 15 is 0 Å². The number of hydrazone groups is 1. The van der Waals surface area contributed by atoms with Crippen LogP contribution in [0.3, 0.4) is 0 Å². The van der Waals surface area contributed by atoms with Crippen molar-refractivity contribution in [2.45, 2.75) is 52.9 Å². The van der Waals surface area contributed by atoms with E-state index in [2.05, 4.69) is 10.6 Å². The third-order valence-corrected chi connectivity index (χ3v) is 5.01. The number of unbranched alkanes of at least 4 members (excludes halogenated alkanes) is 1. The van der Waals surface area contributed by atoms with E-state index in [1.54, 1.807) is 18.2 Å². The van der Waals surface area contributed by atoms with Crippen molar-refractivity contribution in [1.82, 2.24) is 5.53 Å². The minimum Gasteiger partial charge on any atom is -0.507 e. The van der Waals surface area contributed by atoms with E-state index in [-0.39, 0.29) is 23.3 Å². The summed E-state index contributed by atoms with van der Waals surface area (Å²) in [6.45, 7) is 7.02. The van der Waals surface area contributed by atoms with E-state index in [0.29, 0.717) is 54.2 Å². The molecule has 0 saturated carbocycles. The lowest BCUT2D eigenvalue weighted by molar-refractivity contribution is 0.0965. The first kappa shape index (κ1) is 26.0. The number of ether oxygens (including phenoxy) is 2. The second-order valence-corrected chi connectivity index (χ2v) is 8.27. The van der Waals surface area contributed by atoms with Crippen LogP contribution >= 0.6 is 0 Å². The molecule has 2 aromatic rings. The average molecular weight is 457 g/mol. The number of aromatic hydroxyl groups is 1. The fourth-order valence-electron chi connectivity index (χ4n) is 3.41. The number of nitrogens with one attached hydrogen (secondary N) is 1. The van der Waals surface area contributed by atoms with Crippen LogP contribution in [-0.2, 0) is 6.42 Å². The van der Waals surface area contributed by atoms with Crippen LogP contribution in [-0.4, -0.2) is 29.9 Å². The first-order valence-electron chi connectivity index (χ1n) is 11.4. The van der Waals surface area contributed by atoms with Gasteiger partial charge in [0.05, 0.1) is 18.8 Å². The van der Waals surface area contributed by atoms with Crippen molar-refractivity contribution in [3.8, 4) is 17.2 Å². The van der Waals surface area contributed by atoms with Crippen molar-refractivity contribution in [3.05, 3.63) is 53.1 Å². The number of Topliss-reactive ketones (excluding diaryl/α,β-unsaturated/α-hetero) is 1. The Balaban J connectivity index is 1.88. The van der Waals surface area contributed by atoms with Crippen LogP contribution in [0, 0.1) is 5.92 Å². The first-order chi connectivity index (χ1) is 15.9. The van der Waals surface area contributed by atoms with Crippen LogP contribution in [0.2, 0.25) is 0 Å². The SMILES string of the molecule is CCCc1c(OCCCCOc2cccc(/C(N)=N/NN)c2)ccc(C(=O)CC(C)C)c1O. The third kappa shape index (κ3) is 7.98. The maximum atomic E-state index is 12.4. The van der Waals surface area contributed by atoms with Gasteiger partial charge in [0.2, 0.25) is 0 Å². The van der Waals surface area contributed by atoms with E-state index in [0.717, 1.165) is 19.3 Å². The molecule has 6 N–H and O–H groups in total. The lowest BCUT2D eigenvalue weighted by atomic mass is 9.96. The van der Waals surface area contributed by atoms with Gasteiger partial charge < -0.3 is 20.3 Å². The molecule has 33 heavy (non-hydrogen) atoms. The molecule has 0 aromatic heterocycles. The van der Waals surface area contributed by atoms with E-state index < -0.39 is 0 Å². The van der Waals surface area contributed by atoms with Gasteiger partial charge >= 0.3 is 0 Å². The molecule has 0 fully saturated rings. The molecule has 8 nitrogen and oxygen atoms in total. The fraction of sp³-hybridized carbons (Fsp3) is 0.440. The molecule has 0 atom stereocenters. The summed E-state index contributed by atoms with van der Waals surface area (Å²) in [5, 5.41) is 14.4. The Morgan fingerprint density at radius 2 is 1.88 bits per heavy atom. The number of carbonyl (C=O) groups is 1. The number of hydrazine groups is 1. The number of rotatable bonds is 14. The molecule has 0 aliphatic rings. The van der Waals surface area contributed by atoms with Gasteiger partial charge in [0.1, 0.15) is 17.2 Å². The summed E-state index contributed by atoms with van der Waals surface area (Å²) in [6, 6.07) is 10.8. The van der Waals surface area contributed by atoms with Crippen molar-refractivity contribution in [2.24, 2.45) is 22.6 Å². The summed E-state index contributed by atoms with van der Waals surface area (Å²) in [4.78, 5) is 12.4. The lowest BCUT2D eigenvalue weighted by Gasteiger charge is -2.16. The zero-order valence-corrected chi connectivity index (χ0v) is 19.8. The van der Waals surface area contributed by atoms with E-state index in [4.69, 9.17) is 21.1 Å². The minimum absolute atomic E-state index is 0.0417. The van der Waals surface area contributed by atoms with Gasteiger partial charge in [-0.1, -0.05) is 39.3 Å². The number of carbonyl (C=O) groups excluding carboxylic acids is 1. The van der Waals surface area contributed by atoms with Crippen molar-refractivity contribution in [1.29, 1.82) is 0 Å². The van der Waals surface area contributed by atoms with E-state index in [9.17, 15) is 9.90 Å².